The van der Waals surface area contributed by atoms with Gasteiger partial charge in [-0.25, -0.2) is 9.78 Å². The second-order valence-electron chi connectivity index (χ2n) is 9.54. The predicted molar refractivity (Wildman–Crippen MR) is 150 cm³/mol. The number of nitrogens with zero attached hydrogens (tertiary/aromatic N) is 1. The topological polar surface area (TPSA) is 132 Å². The third-order valence-electron chi connectivity index (χ3n) is 6.52. The van der Waals surface area contributed by atoms with Gasteiger partial charge < -0.3 is 33.7 Å². The Morgan fingerprint density at radius 2 is 1.76 bits per heavy atom. The molecular weight excluding hydrogens is 544 g/mol. The summed E-state index contributed by atoms with van der Waals surface area (Å²) < 4.78 is 34.1. The van der Waals surface area contributed by atoms with Crippen LogP contribution < -0.4 is 19.5 Å². The van der Waals surface area contributed by atoms with E-state index in [0.717, 1.165) is 5.56 Å². The molecule has 1 aromatic heterocycles. The molecule has 11 heteroatoms. The highest BCUT2D eigenvalue weighted by molar-refractivity contribution is 5.98. The Balaban J connectivity index is 1.54. The molecule has 0 bridgehead atoms. The first-order valence-corrected chi connectivity index (χ1v) is 13.5. The number of nitrogens with one attached hydrogen (secondary N) is 1. The van der Waals surface area contributed by atoms with E-state index >= 15 is 0 Å². The van der Waals surface area contributed by atoms with E-state index in [1.165, 1.54) is 26.3 Å². The van der Waals surface area contributed by atoms with Crippen molar-refractivity contribution < 1.29 is 42.8 Å². The lowest BCUT2D eigenvalue weighted by atomic mass is 10.0. The highest BCUT2D eigenvalue weighted by atomic mass is 16.7. The number of carbonyl (C=O) groups is 3. The van der Waals surface area contributed by atoms with Crippen LogP contribution >= 0.6 is 0 Å². The number of ether oxygens (including phenoxy) is 6. The fraction of sp³-hybridized carbons (Fsp3) is 0.355. The number of hydrogen-bond acceptors (Lipinski definition) is 10. The summed E-state index contributed by atoms with van der Waals surface area (Å²) in [6.07, 6.45) is 0.209. The second-order valence-corrected chi connectivity index (χ2v) is 9.54. The van der Waals surface area contributed by atoms with Crippen molar-refractivity contribution in [2.24, 2.45) is 0 Å². The standard InChI is InChI=1S/C31H34N2O9/c1-20-28(42-23-12-8-5-9-13-23)26(18-22-10-6-4-7-11-22)38-17-15-24(31(36)41-20)33-30(35)27-29(40-19-39-21(2)34)25(37-3)14-16-32-27/h4-14,16,20,24,26,28H,15,17-19H2,1-3H3,(H,33,35)/t20-,24-,26+,28-/m0/s1. The number of carbonyl (C=O) groups excluding carboxylic acids is 3. The van der Waals surface area contributed by atoms with E-state index < -0.39 is 49.0 Å². The molecule has 4 atom stereocenters. The fourth-order valence-corrected chi connectivity index (χ4v) is 4.46. The largest absolute Gasteiger partial charge is 0.493 e. The van der Waals surface area contributed by atoms with Gasteiger partial charge in [-0.1, -0.05) is 48.5 Å². The van der Waals surface area contributed by atoms with Crippen LogP contribution in [0.25, 0.3) is 0 Å². The smallest absolute Gasteiger partial charge is 0.329 e. The zero-order valence-corrected chi connectivity index (χ0v) is 23.7. The molecule has 0 spiro atoms. The first kappa shape index (κ1) is 30.3. The van der Waals surface area contributed by atoms with Crippen LogP contribution in [0.15, 0.2) is 72.9 Å². The van der Waals surface area contributed by atoms with Crippen LogP contribution in [0.1, 0.15) is 36.3 Å². The molecule has 1 aliphatic heterocycles. The molecule has 0 unspecified atom stereocenters. The molecule has 222 valence electrons. The van der Waals surface area contributed by atoms with E-state index in [-0.39, 0.29) is 30.2 Å². The van der Waals surface area contributed by atoms with Gasteiger partial charge in [0.15, 0.2) is 23.3 Å². The molecule has 0 radical (unpaired) electrons. The molecule has 4 rings (SSSR count). The van der Waals surface area contributed by atoms with E-state index in [1.807, 2.05) is 60.7 Å². The molecule has 42 heavy (non-hydrogen) atoms. The van der Waals surface area contributed by atoms with Gasteiger partial charge in [-0.3, -0.25) is 9.59 Å². The van der Waals surface area contributed by atoms with E-state index in [9.17, 15) is 14.4 Å². The number of amides is 1. The van der Waals surface area contributed by atoms with Crippen molar-refractivity contribution in [2.45, 2.75) is 51.0 Å². The zero-order valence-electron chi connectivity index (χ0n) is 23.7. The summed E-state index contributed by atoms with van der Waals surface area (Å²) in [5.74, 6) is -1.15. The van der Waals surface area contributed by atoms with Crippen LogP contribution in [0, 0.1) is 0 Å². The molecule has 1 aliphatic rings. The highest BCUT2D eigenvalue weighted by Crippen LogP contribution is 2.30. The average Bonchev–Trinajstić information content (AvgIpc) is 3.03. The monoisotopic (exact) mass is 578 g/mol. The van der Waals surface area contributed by atoms with Crippen molar-refractivity contribution in [1.82, 2.24) is 10.3 Å². The number of pyridine rings is 1. The molecule has 2 heterocycles. The zero-order chi connectivity index (χ0) is 29.9. The number of methoxy groups -OCH3 is 1. The van der Waals surface area contributed by atoms with Gasteiger partial charge >= 0.3 is 11.9 Å². The third kappa shape index (κ3) is 8.20. The van der Waals surface area contributed by atoms with Gasteiger partial charge in [-0.05, 0) is 24.6 Å². The van der Waals surface area contributed by atoms with Crippen LogP contribution in [-0.4, -0.2) is 67.7 Å². The Kier molecular flexibility index (Phi) is 10.7. The molecular formula is C31H34N2O9. The molecule has 1 amide bonds. The Morgan fingerprint density at radius 1 is 1.05 bits per heavy atom. The normalized spacial score (nSPS) is 20.6. The van der Waals surface area contributed by atoms with Crippen molar-refractivity contribution in [3.8, 4) is 17.2 Å². The minimum absolute atomic E-state index is 0.0425. The summed E-state index contributed by atoms with van der Waals surface area (Å²) in [5, 5.41) is 2.68. The van der Waals surface area contributed by atoms with E-state index in [1.54, 1.807) is 6.92 Å². The summed E-state index contributed by atoms with van der Waals surface area (Å²) in [7, 11) is 1.39. The molecule has 0 saturated carbocycles. The summed E-state index contributed by atoms with van der Waals surface area (Å²) in [5.41, 5.74) is 0.882. The van der Waals surface area contributed by atoms with Gasteiger partial charge in [0.25, 0.3) is 5.91 Å². The molecule has 2 aromatic carbocycles. The Morgan fingerprint density at radius 3 is 2.45 bits per heavy atom. The molecule has 11 nitrogen and oxygen atoms in total. The molecule has 1 N–H and O–H groups in total. The maximum absolute atomic E-state index is 13.3. The first-order chi connectivity index (χ1) is 20.4. The first-order valence-electron chi connectivity index (χ1n) is 13.5. The van der Waals surface area contributed by atoms with E-state index in [4.69, 9.17) is 28.4 Å². The second kappa shape index (κ2) is 14.8. The molecule has 0 aliphatic carbocycles. The Bertz CT molecular complexity index is 1340. The lowest BCUT2D eigenvalue weighted by molar-refractivity contribution is -0.157. The van der Waals surface area contributed by atoms with Crippen molar-refractivity contribution in [3.05, 3.63) is 84.2 Å². The lowest BCUT2D eigenvalue weighted by Gasteiger charge is -2.31. The summed E-state index contributed by atoms with van der Waals surface area (Å²) >= 11 is 0. The van der Waals surface area contributed by atoms with Gasteiger partial charge in [0.1, 0.15) is 24.0 Å². The minimum Gasteiger partial charge on any atom is -0.493 e. The van der Waals surface area contributed by atoms with Crippen LogP contribution in [-0.2, 0) is 30.2 Å². The fourth-order valence-electron chi connectivity index (χ4n) is 4.46. The number of hydrogen-bond donors (Lipinski definition) is 1. The van der Waals surface area contributed by atoms with Crippen molar-refractivity contribution in [3.63, 3.8) is 0 Å². The highest BCUT2D eigenvalue weighted by Gasteiger charge is 2.37. The van der Waals surface area contributed by atoms with Crippen molar-refractivity contribution in [2.75, 3.05) is 20.5 Å². The third-order valence-corrected chi connectivity index (χ3v) is 6.52. The average molecular weight is 579 g/mol. The molecule has 3 aromatic rings. The minimum atomic E-state index is -1.05. The quantitative estimate of drug-likeness (QED) is 0.282. The number of esters is 2. The number of para-hydroxylation sites is 1. The van der Waals surface area contributed by atoms with Crippen molar-refractivity contribution in [1.29, 1.82) is 0 Å². The van der Waals surface area contributed by atoms with E-state index in [0.29, 0.717) is 12.2 Å². The van der Waals surface area contributed by atoms with Gasteiger partial charge in [0, 0.05) is 38.6 Å². The van der Waals surface area contributed by atoms with Gasteiger partial charge in [-0.2, -0.15) is 0 Å². The van der Waals surface area contributed by atoms with Gasteiger partial charge in [-0.15, -0.1) is 0 Å². The number of cyclic esters (lactones) is 1. The van der Waals surface area contributed by atoms with Crippen LogP contribution in [0.3, 0.4) is 0 Å². The predicted octanol–water partition coefficient (Wildman–Crippen LogP) is 3.50. The number of rotatable bonds is 10. The van der Waals surface area contributed by atoms with E-state index in [2.05, 4.69) is 10.3 Å². The maximum Gasteiger partial charge on any atom is 0.329 e. The number of aromatic nitrogens is 1. The SMILES string of the molecule is COc1ccnc(C(=O)N[C@H]2CCO[C@H](Cc3ccccc3)[C@@H](Oc3ccccc3)[C@H](C)OC2=O)c1OCOC(C)=O. The summed E-state index contributed by atoms with van der Waals surface area (Å²) in [4.78, 5) is 41.9. The number of benzene rings is 2. The maximum atomic E-state index is 13.3. The van der Waals surface area contributed by atoms with Gasteiger partial charge in [0.05, 0.1) is 7.11 Å². The Labute approximate surface area is 244 Å². The van der Waals surface area contributed by atoms with Crippen molar-refractivity contribution >= 4 is 17.8 Å². The van der Waals surface area contributed by atoms with Crippen LogP contribution in [0.5, 0.6) is 17.2 Å². The van der Waals surface area contributed by atoms with Crippen LogP contribution in [0.2, 0.25) is 0 Å². The summed E-state index contributed by atoms with van der Waals surface area (Å²) in [6.45, 7) is 2.64. The molecule has 1 fully saturated rings. The molecule has 1 saturated heterocycles. The van der Waals surface area contributed by atoms with Gasteiger partial charge in [0.2, 0.25) is 6.79 Å². The summed E-state index contributed by atoms with van der Waals surface area (Å²) in [6, 6.07) is 19.5. The van der Waals surface area contributed by atoms with Crippen LogP contribution in [0.4, 0.5) is 0 Å². The Hall–Kier alpha value is -4.64. The lowest BCUT2D eigenvalue weighted by Crippen LogP contribution is -2.47.